The van der Waals surface area contributed by atoms with Gasteiger partial charge in [0.25, 0.3) is 0 Å². The summed E-state index contributed by atoms with van der Waals surface area (Å²) in [5, 5.41) is 0. The molecule has 2 saturated heterocycles. The van der Waals surface area contributed by atoms with E-state index in [4.69, 9.17) is 24.7 Å². The molecule has 26 heavy (non-hydrogen) atoms. The highest BCUT2D eigenvalue weighted by Gasteiger charge is 2.56. The number of hydrogen-bond acceptors (Lipinski definition) is 5. The SMILES string of the molecule is CCCCCCCCCCCCO[C@H]1[C@@H]([C@H](C)N)OC2OC(C)(C)O[C@@H]21. The summed E-state index contributed by atoms with van der Waals surface area (Å²) in [6, 6.07) is -0.103. The zero-order valence-electron chi connectivity index (χ0n) is 17.4. The van der Waals surface area contributed by atoms with Gasteiger partial charge in [-0.2, -0.15) is 0 Å². The average molecular weight is 372 g/mol. The number of ether oxygens (including phenoxy) is 4. The first kappa shape index (κ1) is 22.1. The zero-order valence-corrected chi connectivity index (χ0v) is 17.4. The molecule has 2 rings (SSSR count). The van der Waals surface area contributed by atoms with Gasteiger partial charge in [-0.3, -0.25) is 0 Å². The van der Waals surface area contributed by atoms with Crippen LogP contribution in [-0.2, 0) is 18.9 Å². The molecule has 0 aromatic heterocycles. The van der Waals surface area contributed by atoms with Crippen LogP contribution in [0.3, 0.4) is 0 Å². The lowest BCUT2D eigenvalue weighted by Crippen LogP contribution is -2.45. The van der Waals surface area contributed by atoms with E-state index in [1.165, 1.54) is 57.8 Å². The summed E-state index contributed by atoms with van der Waals surface area (Å²) in [6.45, 7) is 8.78. The van der Waals surface area contributed by atoms with Crippen molar-refractivity contribution in [2.24, 2.45) is 5.73 Å². The Hall–Kier alpha value is -0.200. The van der Waals surface area contributed by atoms with Crippen molar-refractivity contribution in [3.05, 3.63) is 0 Å². The molecule has 2 aliphatic rings. The van der Waals surface area contributed by atoms with Crippen molar-refractivity contribution in [2.75, 3.05) is 6.61 Å². The molecule has 5 atom stereocenters. The van der Waals surface area contributed by atoms with Crippen LogP contribution in [0.1, 0.15) is 91.9 Å². The normalized spacial score (nSPS) is 31.3. The topological polar surface area (TPSA) is 62.9 Å². The van der Waals surface area contributed by atoms with Crippen molar-refractivity contribution in [1.29, 1.82) is 0 Å². The standard InChI is InChI=1S/C21H41NO4/c1-5-6-7-8-9-10-11-12-13-14-15-23-18-17(16(2)22)24-20-19(18)25-21(3,4)26-20/h16-20H,5-15,22H2,1-4H3/t16-,17+,18-,19+,20?/m0/s1. The highest BCUT2D eigenvalue weighted by Crippen LogP contribution is 2.39. The van der Waals surface area contributed by atoms with Gasteiger partial charge in [0.1, 0.15) is 18.3 Å². The van der Waals surface area contributed by atoms with E-state index in [-0.39, 0.29) is 30.6 Å². The number of fused-ring (bicyclic) bond motifs is 1. The van der Waals surface area contributed by atoms with Crippen LogP contribution in [-0.4, -0.2) is 43.0 Å². The molecule has 0 bridgehead atoms. The van der Waals surface area contributed by atoms with E-state index in [1.54, 1.807) is 0 Å². The van der Waals surface area contributed by atoms with E-state index in [9.17, 15) is 0 Å². The van der Waals surface area contributed by atoms with Gasteiger partial charge >= 0.3 is 0 Å². The monoisotopic (exact) mass is 371 g/mol. The van der Waals surface area contributed by atoms with E-state index in [2.05, 4.69) is 6.92 Å². The van der Waals surface area contributed by atoms with Crippen LogP contribution in [0, 0.1) is 0 Å². The number of nitrogens with two attached hydrogens (primary N) is 1. The Bertz CT molecular complexity index is 388. The van der Waals surface area contributed by atoms with Crippen LogP contribution in [0.15, 0.2) is 0 Å². The number of rotatable bonds is 13. The molecule has 0 spiro atoms. The van der Waals surface area contributed by atoms with Gasteiger partial charge in [-0.15, -0.1) is 0 Å². The van der Waals surface area contributed by atoms with Crippen LogP contribution < -0.4 is 5.73 Å². The van der Waals surface area contributed by atoms with Crippen LogP contribution >= 0.6 is 0 Å². The first-order valence-corrected chi connectivity index (χ1v) is 10.8. The predicted octanol–water partition coefficient (Wildman–Crippen LogP) is 4.52. The van der Waals surface area contributed by atoms with Gasteiger partial charge in [0.05, 0.1) is 0 Å². The highest BCUT2D eigenvalue weighted by atomic mass is 16.8. The second-order valence-corrected chi connectivity index (χ2v) is 8.45. The largest absolute Gasteiger partial charge is 0.373 e. The van der Waals surface area contributed by atoms with E-state index >= 15 is 0 Å². The fourth-order valence-electron chi connectivity index (χ4n) is 3.93. The molecule has 2 N–H and O–H groups in total. The molecule has 154 valence electrons. The lowest BCUT2D eigenvalue weighted by Gasteiger charge is -2.27. The Morgan fingerprint density at radius 3 is 2.08 bits per heavy atom. The molecule has 5 nitrogen and oxygen atoms in total. The predicted molar refractivity (Wildman–Crippen MR) is 104 cm³/mol. The molecule has 0 aromatic carbocycles. The number of unbranched alkanes of at least 4 members (excludes halogenated alkanes) is 9. The van der Waals surface area contributed by atoms with Crippen LogP contribution in [0.5, 0.6) is 0 Å². The smallest absolute Gasteiger partial charge is 0.190 e. The summed E-state index contributed by atoms with van der Waals surface area (Å²) < 4.78 is 23.9. The Morgan fingerprint density at radius 2 is 1.50 bits per heavy atom. The average Bonchev–Trinajstić information content (AvgIpc) is 3.05. The second kappa shape index (κ2) is 11.0. The molecule has 2 aliphatic heterocycles. The van der Waals surface area contributed by atoms with Gasteiger partial charge in [-0.05, 0) is 27.2 Å². The third-order valence-corrected chi connectivity index (χ3v) is 5.35. The summed E-state index contributed by atoms with van der Waals surface area (Å²) >= 11 is 0. The molecule has 0 saturated carbocycles. The molecule has 0 aromatic rings. The molecule has 0 radical (unpaired) electrons. The van der Waals surface area contributed by atoms with E-state index in [1.807, 2.05) is 20.8 Å². The molecule has 5 heteroatoms. The van der Waals surface area contributed by atoms with E-state index in [0.717, 1.165) is 13.0 Å². The Balaban J connectivity index is 1.57. The summed E-state index contributed by atoms with van der Waals surface area (Å²) in [6.07, 6.45) is 12.4. The van der Waals surface area contributed by atoms with Gasteiger partial charge in [0.2, 0.25) is 0 Å². The molecule has 0 amide bonds. The van der Waals surface area contributed by atoms with Gasteiger partial charge in [0.15, 0.2) is 12.1 Å². The maximum atomic E-state index is 6.15. The Kier molecular flexibility index (Phi) is 9.31. The molecular weight excluding hydrogens is 330 g/mol. The second-order valence-electron chi connectivity index (χ2n) is 8.45. The molecular formula is C21H41NO4. The van der Waals surface area contributed by atoms with E-state index in [0.29, 0.717) is 0 Å². The Labute approximate surface area is 160 Å². The summed E-state index contributed by atoms with van der Waals surface area (Å²) in [7, 11) is 0. The lowest BCUT2D eigenvalue weighted by atomic mass is 10.1. The minimum absolute atomic E-state index is 0.103. The maximum Gasteiger partial charge on any atom is 0.190 e. The summed E-state index contributed by atoms with van der Waals surface area (Å²) in [4.78, 5) is 0. The van der Waals surface area contributed by atoms with Crippen molar-refractivity contribution in [1.82, 2.24) is 0 Å². The quantitative estimate of drug-likeness (QED) is 0.482. The van der Waals surface area contributed by atoms with Gasteiger partial charge in [-0.1, -0.05) is 64.7 Å². The van der Waals surface area contributed by atoms with Gasteiger partial charge in [0, 0.05) is 12.6 Å². The van der Waals surface area contributed by atoms with Crippen LogP contribution in [0.2, 0.25) is 0 Å². The third kappa shape index (κ3) is 6.75. The lowest BCUT2D eigenvalue weighted by molar-refractivity contribution is -0.220. The first-order chi connectivity index (χ1) is 12.4. The summed E-state index contributed by atoms with van der Waals surface area (Å²) in [5.41, 5.74) is 6.07. The molecule has 0 aliphatic carbocycles. The van der Waals surface area contributed by atoms with Crippen LogP contribution in [0.4, 0.5) is 0 Å². The van der Waals surface area contributed by atoms with Crippen LogP contribution in [0.25, 0.3) is 0 Å². The minimum Gasteiger partial charge on any atom is -0.373 e. The zero-order chi connectivity index (χ0) is 19.0. The molecule has 1 unspecified atom stereocenters. The first-order valence-electron chi connectivity index (χ1n) is 10.8. The fourth-order valence-corrected chi connectivity index (χ4v) is 3.93. The van der Waals surface area contributed by atoms with Crippen molar-refractivity contribution in [3.63, 3.8) is 0 Å². The van der Waals surface area contributed by atoms with Gasteiger partial charge in [-0.25, -0.2) is 0 Å². The number of hydrogen-bond donors (Lipinski definition) is 1. The van der Waals surface area contributed by atoms with E-state index < -0.39 is 5.79 Å². The van der Waals surface area contributed by atoms with Crippen molar-refractivity contribution in [3.8, 4) is 0 Å². The maximum absolute atomic E-state index is 6.15. The third-order valence-electron chi connectivity index (χ3n) is 5.35. The summed E-state index contributed by atoms with van der Waals surface area (Å²) in [5.74, 6) is -0.614. The molecule has 2 heterocycles. The highest BCUT2D eigenvalue weighted by molar-refractivity contribution is 4.97. The van der Waals surface area contributed by atoms with Gasteiger partial charge < -0.3 is 24.7 Å². The minimum atomic E-state index is -0.614. The Morgan fingerprint density at radius 1 is 0.923 bits per heavy atom. The van der Waals surface area contributed by atoms with Crippen molar-refractivity contribution in [2.45, 2.75) is 128 Å². The van der Waals surface area contributed by atoms with Crippen molar-refractivity contribution < 1.29 is 18.9 Å². The van der Waals surface area contributed by atoms with Crippen molar-refractivity contribution >= 4 is 0 Å². The fraction of sp³-hybridized carbons (Fsp3) is 1.00. The molecule has 2 fully saturated rings.